The zero-order valence-electron chi connectivity index (χ0n) is 9.93. The van der Waals surface area contributed by atoms with Gasteiger partial charge >= 0.3 is 0 Å². The summed E-state index contributed by atoms with van der Waals surface area (Å²) in [5, 5.41) is 21.5. The molecule has 1 atom stereocenters. The molecule has 0 aliphatic carbocycles. The van der Waals surface area contributed by atoms with Gasteiger partial charge in [0.15, 0.2) is 0 Å². The van der Waals surface area contributed by atoms with E-state index < -0.39 is 6.10 Å². The van der Waals surface area contributed by atoms with Crippen LogP contribution in [0.4, 0.5) is 0 Å². The van der Waals surface area contributed by atoms with Gasteiger partial charge in [-0.2, -0.15) is 0 Å². The molecule has 0 aliphatic heterocycles. The third kappa shape index (κ3) is 3.71. The first-order valence-corrected chi connectivity index (χ1v) is 6.45. The summed E-state index contributed by atoms with van der Waals surface area (Å²) in [5.41, 5.74) is 0. The Bertz CT molecular complexity index is 477. The average Bonchev–Trinajstić information content (AvgIpc) is 2.81. The molecule has 0 spiro atoms. The molecule has 0 saturated heterocycles. The molecule has 0 amide bonds. The molecule has 1 aromatic carbocycles. The molecule has 1 aromatic heterocycles. The smallest absolute Gasteiger partial charge is 0.209 e. The van der Waals surface area contributed by atoms with Crippen molar-refractivity contribution in [1.29, 1.82) is 0 Å². The van der Waals surface area contributed by atoms with Crippen molar-refractivity contribution >= 4 is 11.8 Å². The predicted molar refractivity (Wildman–Crippen MR) is 67.5 cm³/mol. The maximum atomic E-state index is 9.78. The van der Waals surface area contributed by atoms with Crippen LogP contribution in [0.3, 0.4) is 0 Å². The standard InChI is InChI=1S/C11H14N4O2S/c1-15-11(12-13-14-15)18-8-9(16)7-17-10-5-3-2-4-6-10/h2-6,9,16H,7-8H2,1H3/t9-/m0/s1. The van der Waals surface area contributed by atoms with E-state index in [1.807, 2.05) is 30.3 Å². The molecule has 0 aliphatic rings. The summed E-state index contributed by atoms with van der Waals surface area (Å²) in [5.74, 6) is 1.24. The first-order chi connectivity index (χ1) is 8.75. The van der Waals surface area contributed by atoms with Gasteiger partial charge in [0.2, 0.25) is 5.16 Å². The average molecular weight is 266 g/mol. The van der Waals surface area contributed by atoms with E-state index in [-0.39, 0.29) is 6.61 Å². The summed E-state index contributed by atoms with van der Waals surface area (Å²) in [4.78, 5) is 0. The van der Waals surface area contributed by atoms with Crippen LogP contribution in [0.2, 0.25) is 0 Å². The summed E-state index contributed by atoms with van der Waals surface area (Å²) >= 11 is 1.39. The van der Waals surface area contributed by atoms with Gasteiger partial charge < -0.3 is 9.84 Å². The second kappa shape index (κ2) is 6.36. The van der Waals surface area contributed by atoms with Crippen molar-refractivity contribution in [2.24, 2.45) is 7.05 Å². The van der Waals surface area contributed by atoms with Gasteiger partial charge in [0.1, 0.15) is 12.4 Å². The van der Waals surface area contributed by atoms with Crippen molar-refractivity contribution in [1.82, 2.24) is 20.2 Å². The number of nitrogens with zero attached hydrogens (tertiary/aromatic N) is 4. The Morgan fingerprint density at radius 1 is 1.39 bits per heavy atom. The number of hydrogen-bond acceptors (Lipinski definition) is 6. The van der Waals surface area contributed by atoms with Gasteiger partial charge in [0, 0.05) is 12.8 Å². The zero-order valence-corrected chi connectivity index (χ0v) is 10.7. The van der Waals surface area contributed by atoms with E-state index in [2.05, 4.69) is 15.5 Å². The number of ether oxygens (including phenoxy) is 1. The molecule has 2 rings (SSSR count). The van der Waals surface area contributed by atoms with Crippen molar-refractivity contribution in [3.63, 3.8) is 0 Å². The third-order valence-electron chi connectivity index (χ3n) is 2.17. The summed E-state index contributed by atoms with van der Waals surface area (Å²) in [6, 6.07) is 9.41. The lowest BCUT2D eigenvalue weighted by Gasteiger charge is -2.11. The number of thioether (sulfide) groups is 1. The maximum Gasteiger partial charge on any atom is 0.209 e. The molecular formula is C11H14N4O2S. The van der Waals surface area contributed by atoms with Crippen molar-refractivity contribution in [3.8, 4) is 5.75 Å². The van der Waals surface area contributed by atoms with Crippen LogP contribution < -0.4 is 4.74 Å². The number of rotatable bonds is 6. The zero-order chi connectivity index (χ0) is 12.8. The molecule has 0 radical (unpaired) electrons. The first kappa shape index (κ1) is 12.8. The van der Waals surface area contributed by atoms with Gasteiger partial charge in [-0.3, -0.25) is 0 Å². The summed E-state index contributed by atoms with van der Waals surface area (Å²) in [7, 11) is 1.76. The highest BCUT2D eigenvalue weighted by molar-refractivity contribution is 7.99. The second-order valence-electron chi connectivity index (χ2n) is 3.67. The topological polar surface area (TPSA) is 73.1 Å². The fraction of sp³-hybridized carbons (Fsp3) is 0.364. The molecule has 0 unspecified atom stereocenters. The molecule has 96 valence electrons. The van der Waals surface area contributed by atoms with Crippen LogP contribution in [-0.4, -0.2) is 43.8 Å². The monoisotopic (exact) mass is 266 g/mol. The van der Waals surface area contributed by atoms with E-state index in [9.17, 15) is 5.11 Å². The lowest BCUT2D eigenvalue weighted by Crippen LogP contribution is -2.20. The number of tetrazole rings is 1. The van der Waals surface area contributed by atoms with E-state index >= 15 is 0 Å². The number of hydrogen-bond donors (Lipinski definition) is 1. The lowest BCUT2D eigenvalue weighted by molar-refractivity contribution is 0.126. The minimum absolute atomic E-state index is 0.252. The Morgan fingerprint density at radius 3 is 2.83 bits per heavy atom. The van der Waals surface area contributed by atoms with Crippen molar-refractivity contribution in [3.05, 3.63) is 30.3 Å². The van der Waals surface area contributed by atoms with Crippen LogP contribution in [-0.2, 0) is 7.05 Å². The van der Waals surface area contributed by atoms with Crippen LogP contribution >= 0.6 is 11.8 Å². The predicted octanol–water partition coefficient (Wildman–Crippen LogP) is 0.742. The number of para-hydroxylation sites is 1. The van der Waals surface area contributed by atoms with E-state index in [1.165, 1.54) is 11.8 Å². The highest BCUT2D eigenvalue weighted by atomic mass is 32.2. The van der Waals surface area contributed by atoms with Crippen LogP contribution in [0, 0.1) is 0 Å². The molecule has 0 bridgehead atoms. The highest BCUT2D eigenvalue weighted by Gasteiger charge is 2.09. The fourth-order valence-electron chi connectivity index (χ4n) is 1.27. The number of benzene rings is 1. The second-order valence-corrected chi connectivity index (χ2v) is 4.66. The van der Waals surface area contributed by atoms with Crippen molar-refractivity contribution < 1.29 is 9.84 Å². The Kier molecular flexibility index (Phi) is 4.54. The number of aryl methyl sites for hydroxylation is 1. The Hall–Kier alpha value is -1.60. The van der Waals surface area contributed by atoms with Crippen LogP contribution in [0.5, 0.6) is 5.75 Å². The summed E-state index contributed by atoms with van der Waals surface area (Å²) in [6.45, 7) is 0.252. The van der Waals surface area contributed by atoms with Crippen LogP contribution in [0.15, 0.2) is 35.5 Å². The SMILES string of the molecule is Cn1nnnc1SC[C@@H](O)COc1ccccc1. The number of aliphatic hydroxyl groups is 1. The molecule has 18 heavy (non-hydrogen) atoms. The van der Waals surface area contributed by atoms with E-state index in [1.54, 1.807) is 11.7 Å². The van der Waals surface area contributed by atoms with Crippen molar-refractivity contribution in [2.45, 2.75) is 11.3 Å². The van der Waals surface area contributed by atoms with Crippen molar-refractivity contribution in [2.75, 3.05) is 12.4 Å². The number of aromatic nitrogens is 4. The summed E-state index contributed by atoms with van der Waals surface area (Å²) in [6.07, 6.45) is -0.563. The van der Waals surface area contributed by atoms with Gasteiger partial charge in [-0.05, 0) is 22.6 Å². The van der Waals surface area contributed by atoms with Gasteiger partial charge in [-0.25, -0.2) is 4.68 Å². The largest absolute Gasteiger partial charge is 0.491 e. The molecule has 0 saturated carbocycles. The molecule has 6 nitrogen and oxygen atoms in total. The molecule has 1 N–H and O–H groups in total. The first-order valence-electron chi connectivity index (χ1n) is 5.47. The summed E-state index contributed by atoms with van der Waals surface area (Å²) < 4.78 is 7.01. The quantitative estimate of drug-likeness (QED) is 0.778. The minimum atomic E-state index is -0.563. The molecular weight excluding hydrogens is 252 g/mol. The van der Waals surface area contributed by atoms with Gasteiger partial charge in [0.25, 0.3) is 0 Å². The Balaban J connectivity index is 1.73. The normalized spacial score (nSPS) is 12.3. The van der Waals surface area contributed by atoms with Crippen LogP contribution in [0.25, 0.3) is 0 Å². The van der Waals surface area contributed by atoms with Gasteiger partial charge in [-0.15, -0.1) is 5.10 Å². The minimum Gasteiger partial charge on any atom is -0.491 e. The maximum absolute atomic E-state index is 9.78. The lowest BCUT2D eigenvalue weighted by atomic mass is 10.3. The van der Waals surface area contributed by atoms with Crippen LogP contribution in [0.1, 0.15) is 0 Å². The van der Waals surface area contributed by atoms with E-state index in [4.69, 9.17) is 4.74 Å². The van der Waals surface area contributed by atoms with E-state index in [0.717, 1.165) is 5.75 Å². The van der Waals surface area contributed by atoms with E-state index in [0.29, 0.717) is 10.9 Å². The Morgan fingerprint density at radius 2 is 2.17 bits per heavy atom. The van der Waals surface area contributed by atoms with Gasteiger partial charge in [-0.1, -0.05) is 30.0 Å². The third-order valence-corrected chi connectivity index (χ3v) is 3.33. The highest BCUT2D eigenvalue weighted by Crippen LogP contribution is 2.14. The molecule has 0 fully saturated rings. The Labute approximate surface area is 109 Å². The molecule has 2 aromatic rings. The molecule has 1 heterocycles. The molecule has 7 heteroatoms. The fourth-order valence-corrected chi connectivity index (χ4v) is 2.03. The number of aliphatic hydroxyl groups excluding tert-OH is 1. The van der Waals surface area contributed by atoms with Gasteiger partial charge in [0.05, 0.1) is 6.10 Å².